The van der Waals surface area contributed by atoms with Gasteiger partial charge in [-0.15, -0.1) is 0 Å². The van der Waals surface area contributed by atoms with Crippen molar-refractivity contribution in [3.63, 3.8) is 0 Å². The van der Waals surface area contributed by atoms with E-state index >= 15 is 0 Å². The predicted molar refractivity (Wildman–Crippen MR) is 90.8 cm³/mol. The van der Waals surface area contributed by atoms with Crippen LogP contribution in [0.1, 0.15) is 12.5 Å². The highest BCUT2D eigenvalue weighted by molar-refractivity contribution is 7.89. The molecule has 0 unspecified atom stereocenters. The minimum atomic E-state index is -3.69. The lowest BCUT2D eigenvalue weighted by molar-refractivity contribution is -0.117. The van der Waals surface area contributed by atoms with Crippen LogP contribution in [0.15, 0.2) is 59.5 Å². The number of para-hydroxylation sites is 1. The smallest absolute Gasteiger partial charge is 0.242 e. The Morgan fingerprint density at radius 2 is 1.65 bits per heavy atom. The third-order valence-electron chi connectivity index (χ3n) is 3.43. The predicted octanol–water partition coefficient (Wildman–Crippen LogP) is 2.33. The quantitative estimate of drug-likeness (QED) is 0.883. The van der Waals surface area contributed by atoms with Crippen LogP contribution in [0.5, 0.6) is 0 Å². The Bertz CT molecular complexity index is 756. The molecule has 1 N–H and O–H groups in total. The van der Waals surface area contributed by atoms with Gasteiger partial charge in [0.05, 0.1) is 11.4 Å². The number of hydrogen-bond donors (Lipinski definition) is 1. The van der Waals surface area contributed by atoms with Crippen molar-refractivity contribution in [1.29, 1.82) is 0 Å². The zero-order chi connectivity index (χ0) is 16.9. The van der Waals surface area contributed by atoms with E-state index in [-0.39, 0.29) is 17.3 Å². The molecule has 2 aromatic carbocycles. The number of anilines is 1. The molecule has 1 amide bonds. The minimum Gasteiger partial charge on any atom is -0.312 e. The number of benzene rings is 2. The van der Waals surface area contributed by atoms with Crippen LogP contribution >= 0.6 is 0 Å². The number of carbonyl (C=O) groups excluding carboxylic acids is 1. The summed E-state index contributed by atoms with van der Waals surface area (Å²) < 4.78 is 26.8. The Morgan fingerprint density at radius 3 is 2.22 bits per heavy atom. The Morgan fingerprint density at radius 1 is 1.04 bits per heavy atom. The summed E-state index contributed by atoms with van der Waals surface area (Å²) in [5.74, 6) is -0.297. The molecular weight excluding hydrogens is 312 g/mol. The summed E-state index contributed by atoms with van der Waals surface area (Å²) in [5, 5.41) is 0. The number of nitrogens with zero attached hydrogens (tertiary/aromatic N) is 1. The number of nitrogens with one attached hydrogen (secondary N) is 1. The van der Waals surface area contributed by atoms with E-state index < -0.39 is 10.0 Å². The minimum absolute atomic E-state index is 0.152. The maximum atomic E-state index is 12.3. The summed E-state index contributed by atoms with van der Waals surface area (Å²) in [7, 11) is -3.69. The van der Waals surface area contributed by atoms with Gasteiger partial charge in [-0.25, -0.2) is 13.1 Å². The first-order chi connectivity index (χ1) is 10.9. The largest absolute Gasteiger partial charge is 0.312 e. The van der Waals surface area contributed by atoms with Gasteiger partial charge in [-0.2, -0.15) is 0 Å². The van der Waals surface area contributed by atoms with Gasteiger partial charge in [-0.05, 0) is 38.1 Å². The number of aryl methyl sites for hydroxylation is 1. The molecule has 0 aromatic heterocycles. The SMILES string of the molecule is CCN(C(=O)CNS(=O)(=O)c1ccc(C)cc1)c1ccccc1. The monoisotopic (exact) mass is 332 g/mol. The molecule has 6 heteroatoms. The fraction of sp³-hybridized carbons (Fsp3) is 0.235. The van der Waals surface area contributed by atoms with Gasteiger partial charge in [-0.3, -0.25) is 4.79 Å². The van der Waals surface area contributed by atoms with Crippen LogP contribution < -0.4 is 9.62 Å². The van der Waals surface area contributed by atoms with Gasteiger partial charge < -0.3 is 4.90 Å². The lowest BCUT2D eigenvalue weighted by Gasteiger charge is -2.21. The van der Waals surface area contributed by atoms with Gasteiger partial charge in [0.25, 0.3) is 0 Å². The molecule has 2 rings (SSSR count). The van der Waals surface area contributed by atoms with Gasteiger partial charge in [0.2, 0.25) is 15.9 Å². The molecule has 0 aliphatic rings. The summed E-state index contributed by atoms with van der Waals surface area (Å²) in [6, 6.07) is 15.7. The first kappa shape index (κ1) is 17.2. The molecule has 0 radical (unpaired) electrons. The van der Waals surface area contributed by atoms with Crippen molar-refractivity contribution in [1.82, 2.24) is 4.72 Å². The summed E-state index contributed by atoms with van der Waals surface area (Å²) in [6.45, 7) is 3.92. The number of sulfonamides is 1. The van der Waals surface area contributed by atoms with Gasteiger partial charge in [0.15, 0.2) is 0 Å². The van der Waals surface area contributed by atoms with Gasteiger partial charge >= 0.3 is 0 Å². The second-order valence-electron chi connectivity index (χ2n) is 5.11. The Hall–Kier alpha value is -2.18. The van der Waals surface area contributed by atoms with Crippen molar-refractivity contribution in [2.45, 2.75) is 18.7 Å². The van der Waals surface area contributed by atoms with Crippen molar-refractivity contribution in [2.75, 3.05) is 18.0 Å². The molecule has 0 atom stereocenters. The van der Waals surface area contributed by atoms with Crippen LogP contribution in [0.2, 0.25) is 0 Å². The fourth-order valence-electron chi connectivity index (χ4n) is 2.16. The summed E-state index contributed by atoms with van der Waals surface area (Å²) >= 11 is 0. The Kier molecular flexibility index (Phi) is 5.52. The van der Waals surface area contributed by atoms with E-state index in [0.29, 0.717) is 6.54 Å². The van der Waals surface area contributed by atoms with Crippen LogP contribution in [0.25, 0.3) is 0 Å². The zero-order valence-electron chi connectivity index (χ0n) is 13.2. The van der Waals surface area contributed by atoms with Crippen molar-refractivity contribution in [3.05, 3.63) is 60.2 Å². The first-order valence-corrected chi connectivity index (χ1v) is 8.84. The summed E-state index contributed by atoms with van der Waals surface area (Å²) in [4.78, 5) is 14.0. The molecule has 0 aliphatic carbocycles. The van der Waals surface area contributed by atoms with Crippen molar-refractivity contribution in [3.8, 4) is 0 Å². The lowest BCUT2D eigenvalue weighted by atomic mass is 10.2. The van der Waals surface area contributed by atoms with E-state index in [1.54, 1.807) is 12.1 Å². The highest BCUT2D eigenvalue weighted by Crippen LogP contribution is 2.13. The first-order valence-electron chi connectivity index (χ1n) is 7.36. The van der Waals surface area contributed by atoms with Gasteiger partial charge in [-0.1, -0.05) is 35.9 Å². The molecule has 23 heavy (non-hydrogen) atoms. The molecule has 0 aliphatic heterocycles. The van der Waals surface area contributed by atoms with E-state index in [9.17, 15) is 13.2 Å². The number of amides is 1. The van der Waals surface area contributed by atoms with E-state index in [1.807, 2.05) is 44.2 Å². The third-order valence-corrected chi connectivity index (χ3v) is 4.85. The summed E-state index contributed by atoms with van der Waals surface area (Å²) in [6.07, 6.45) is 0. The fourth-order valence-corrected chi connectivity index (χ4v) is 3.14. The third kappa shape index (κ3) is 4.40. The van der Waals surface area contributed by atoms with E-state index in [2.05, 4.69) is 4.72 Å². The molecule has 0 saturated carbocycles. The van der Waals surface area contributed by atoms with Gasteiger partial charge in [0.1, 0.15) is 0 Å². The molecule has 0 saturated heterocycles. The number of carbonyl (C=O) groups is 1. The topological polar surface area (TPSA) is 66.5 Å². The maximum Gasteiger partial charge on any atom is 0.242 e. The van der Waals surface area contributed by atoms with Crippen LogP contribution in [0, 0.1) is 6.92 Å². The lowest BCUT2D eigenvalue weighted by Crippen LogP contribution is -2.40. The van der Waals surface area contributed by atoms with Crippen molar-refractivity contribution in [2.24, 2.45) is 0 Å². The van der Waals surface area contributed by atoms with E-state index in [0.717, 1.165) is 11.3 Å². The number of rotatable bonds is 6. The maximum absolute atomic E-state index is 12.3. The zero-order valence-corrected chi connectivity index (χ0v) is 14.0. The molecule has 0 bridgehead atoms. The Labute approximate surface area is 137 Å². The molecule has 5 nitrogen and oxygen atoms in total. The summed E-state index contributed by atoms with van der Waals surface area (Å²) in [5.41, 5.74) is 1.72. The van der Waals surface area contributed by atoms with Crippen molar-refractivity contribution >= 4 is 21.6 Å². The second-order valence-corrected chi connectivity index (χ2v) is 6.88. The number of likely N-dealkylation sites (N-methyl/N-ethyl adjacent to an activating group) is 1. The average molecular weight is 332 g/mol. The molecule has 122 valence electrons. The van der Waals surface area contributed by atoms with E-state index in [4.69, 9.17) is 0 Å². The molecular formula is C17H20N2O3S. The molecule has 0 fully saturated rings. The highest BCUT2D eigenvalue weighted by atomic mass is 32.2. The van der Waals surface area contributed by atoms with Crippen molar-refractivity contribution < 1.29 is 13.2 Å². The highest BCUT2D eigenvalue weighted by Gasteiger charge is 2.18. The van der Waals surface area contributed by atoms with E-state index in [1.165, 1.54) is 17.0 Å². The second kappa shape index (κ2) is 7.39. The molecule has 2 aromatic rings. The molecule has 0 spiro atoms. The van der Waals surface area contributed by atoms with Crippen LogP contribution in [0.4, 0.5) is 5.69 Å². The van der Waals surface area contributed by atoms with Crippen LogP contribution in [0.3, 0.4) is 0 Å². The number of hydrogen-bond acceptors (Lipinski definition) is 3. The van der Waals surface area contributed by atoms with Gasteiger partial charge in [0, 0.05) is 12.2 Å². The average Bonchev–Trinajstić information content (AvgIpc) is 2.55. The van der Waals surface area contributed by atoms with Crippen LogP contribution in [-0.2, 0) is 14.8 Å². The normalized spacial score (nSPS) is 11.2. The standard InChI is InChI=1S/C17H20N2O3S/c1-3-19(15-7-5-4-6-8-15)17(20)13-18-23(21,22)16-11-9-14(2)10-12-16/h4-12,18H,3,13H2,1-2H3. The molecule has 0 heterocycles. The van der Waals surface area contributed by atoms with Crippen LogP contribution in [-0.4, -0.2) is 27.4 Å². The Balaban J connectivity index is 2.07.